The van der Waals surface area contributed by atoms with Gasteiger partial charge in [0.05, 0.1) is 19.8 Å². The first-order valence-electron chi connectivity index (χ1n) is 19.1. The van der Waals surface area contributed by atoms with Crippen molar-refractivity contribution in [3.8, 4) is 0 Å². The number of ether oxygens (including phenoxy) is 2. The molecular formula is C39H69O10P. The molecule has 3 atom stereocenters. The van der Waals surface area contributed by atoms with Gasteiger partial charge in [0.15, 0.2) is 6.10 Å². The number of hydrogen-bond acceptors (Lipinski definition) is 9. The van der Waals surface area contributed by atoms with Crippen LogP contribution in [0.3, 0.4) is 0 Å². The van der Waals surface area contributed by atoms with Crippen molar-refractivity contribution >= 4 is 19.8 Å². The van der Waals surface area contributed by atoms with Gasteiger partial charge in [-0.25, -0.2) is 4.57 Å². The number of phosphoric acid groups is 1. The Morgan fingerprint density at radius 1 is 0.600 bits per heavy atom. The molecule has 0 saturated carbocycles. The average Bonchev–Trinajstić information content (AvgIpc) is 3.10. The van der Waals surface area contributed by atoms with E-state index in [4.69, 9.17) is 19.1 Å². The van der Waals surface area contributed by atoms with Gasteiger partial charge in [-0.1, -0.05) is 133 Å². The van der Waals surface area contributed by atoms with Gasteiger partial charge in [0.1, 0.15) is 12.7 Å². The van der Waals surface area contributed by atoms with Crippen LogP contribution < -0.4 is 0 Å². The maximum atomic E-state index is 12.5. The maximum Gasteiger partial charge on any atom is 0.472 e. The molecule has 3 N–H and O–H groups in total. The first kappa shape index (κ1) is 47.9. The molecule has 10 nitrogen and oxygen atoms in total. The number of carbonyl (C=O) groups is 2. The molecule has 0 radical (unpaired) electrons. The number of allylic oxidation sites excluding steroid dienone is 8. The Kier molecular flexibility index (Phi) is 33.9. The fourth-order valence-corrected chi connectivity index (χ4v) is 5.54. The van der Waals surface area contributed by atoms with Gasteiger partial charge in [0.25, 0.3) is 0 Å². The van der Waals surface area contributed by atoms with E-state index in [0.29, 0.717) is 19.3 Å². The molecular weight excluding hydrogens is 659 g/mol. The van der Waals surface area contributed by atoms with Crippen molar-refractivity contribution in [3.05, 3.63) is 48.6 Å². The molecule has 0 saturated heterocycles. The molecule has 0 aliphatic carbocycles. The topological polar surface area (TPSA) is 149 Å². The van der Waals surface area contributed by atoms with Crippen LogP contribution in [0.5, 0.6) is 0 Å². The standard InChI is InChI=1S/C39H69O10P/c1-3-5-7-9-11-13-15-16-17-18-19-20-21-23-24-26-28-30-38(42)46-34-37(35-48-50(44,45)47-33-36(41)32-40)49-39(43)31-29-27-25-22-14-12-10-8-6-4-2/h11,13,16-17,19-20,23-24,36-37,40-41H,3-10,12,14-15,18,21-22,25-35H2,1-2H3,(H,44,45)/b13-11-,17-16-,20-19-,24-23-/t36-,37+/m0/s1. The second kappa shape index (κ2) is 35.3. The lowest BCUT2D eigenvalue weighted by Crippen LogP contribution is -2.29. The molecule has 0 amide bonds. The van der Waals surface area contributed by atoms with E-state index in [1.54, 1.807) is 0 Å². The van der Waals surface area contributed by atoms with E-state index >= 15 is 0 Å². The van der Waals surface area contributed by atoms with Crippen LogP contribution in [0.25, 0.3) is 0 Å². The fraction of sp³-hybridized carbons (Fsp3) is 0.744. The summed E-state index contributed by atoms with van der Waals surface area (Å²) in [5, 5.41) is 18.2. The van der Waals surface area contributed by atoms with Crippen molar-refractivity contribution in [1.29, 1.82) is 0 Å². The Bertz CT molecular complexity index is 978. The predicted octanol–water partition coefficient (Wildman–Crippen LogP) is 9.38. The Balaban J connectivity index is 4.45. The SMILES string of the molecule is CCCCC/C=C\C/C=C\C/C=C\C/C=C\CCCC(=O)OC[C@H](COP(=O)(O)OC[C@@H](O)CO)OC(=O)CCCCCCCCCCCC. The fourth-order valence-electron chi connectivity index (χ4n) is 4.75. The third-order valence-electron chi connectivity index (χ3n) is 7.74. The highest BCUT2D eigenvalue weighted by atomic mass is 31.2. The van der Waals surface area contributed by atoms with Crippen molar-refractivity contribution in [1.82, 2.24) is 0 Å². The second-order valence-electron chi connectivity index (χ2n) is 12.6. The van der Waals surface area contributed by atoms with Crippen LogP contribution in [0.15, 0.2) is 48.6 Å². The molecule has 0 bridgehead atoms. The lowest BCUT2D eigenvalue weighted by molar-refractivity contribution is -0.161. The van der Waals surface area contributed by atoms with Crippen molar-refractivity contribution in [2.45, 2.75) is 161 Å². The second-order valence-corrected chi connectivity index (χ2v) is 14.1. The number of aliphatic hydroxyl groups excluding tert-OH is 2. The van der Waals surface area contributed by atoms with Gasteiger partial charge in [0.2, 0.25) is 0 Å². The van der Waals surface area contributed by atoms with E-state index in [1.165, 1.54) is 57.8 Å². The molecule has 0 rings (SSSR count). The van der Waals surface area contributed by atoms with Crippen molar-refractivity contribution in [2.24, 2.45) is 0 Å². The third kappa shape index (κ3) is 34.4. The quantitative estimate of drug-likeness (QED) is 0.0249. The number of carbonyl (C=O) groups excluding carboxylic acids is 2. The summed E-state index contributed by atoms with van der Waals surface area (Å²) in [7, 11) is -4.62. The minimum atomic E-state index is -4.62. The monoisotopic (exact) mass is 728 g/mol. The highest BCUT2D eigenvalue weighted by Crippen LogP contribution is 2.43. The molecule has 0 fully saturated rings. The number of hydrogen-bond donors (Lipinski definition) is 3. The largest absolute Gasteiger partial charge is 0.472 e. The van der Waals surface area contributed by atoms with Gasteiger partial charge in [0, 0.05) is 12.8 Å². The highest BCUT2D eigenvalue weighted by molar-refractivity contribution is 7.47. The summed E-state index contributed by atoms with van der Waals surface area (Å²) in [5.41, 5.74) is 0. The molecule has 11 heteroatoms. The minimum Gasteiger partial charge on any atom is -0.462 e. The zero-order chi connectivity index (χ0) is 37.0. The summed E-state index contributed by atoms with van der Waals surface area (Å²) in [4.78, 5) is 34.7. The molecule has 50 heavy (non-hydrogen) atoms. The predicted molar refractivity (Wildman–Crippen MR) is 201 cm³/mol. The first-order valence-corrected chi connectivity index (χ1v) is 20.6. The third-order valence-corrected chi connectivity index (χ3v) is 8.69. The van der Waals surface area contributed by atoms with E-state index in [0.717, 1.165) is 44.9 Å². The van der Waals surface area contributed by atoms with E-state index in [2.05, 4.69) is 60.9 Å². The first-order chi connectivity index (χ1) is 24.2. The van der Waals surface area contributed by atoms with Crippen LogP contribution in [0.1, 0.15) is 149 Å². The van der Waals surface area contributed by atoms with Crippen LogP contribution >= 0.6 is 7.82 Å². The van der Waals surface area contributed by atoms with Gasteiger partial charge in [-0.2, -0.15) is 0 Å². The van der Waals surface area contributed by atoms with Crippen molar-refractivity contribution < 1.29 is 47.8 Å². The lowest BCUT2D eigenvalue weighted by Gasteiger charge is -2.20. The zero-order valence-corrected chi connectivity index (χ0v) is 32.0. The average molecular weight is 729 g/mol. The van der Waals surface area contributed by atoms with Gasteiger partial charge in [-0.15, -0.1) is 0 Å². The summed E-state index contributed by atoms with van der Waals surface area (Å²) < 4.78 is 32.5. The minimum absolute atomic E-state index is 0.165. The van der Waals surface area contributed by atoms with E-state index < -0.39 is 51.8 Å². The summed E-state index contributed by atoms with van der Waals surface area (Å²) >= 11 is 0. The Morgan fingerprint density at radius 3 is 1.62 bits per heavy atom. The molecule has 0 aromatic carbocycles. The Labute approximate surface area is 303 Å². The van der Waals surface area contributed by atoms with E-state index in [1.807, 2.05) is 6.08 Å². The number of aliphatic hydroxyl groups is 2. The summed E-state index contributed by atoms with van der Waals surface area (Å²) in [5.74, 6) is -0.995. The van der Waals surface area contributed by atoms with Crippen LogP contribution in [0, 0.1) is 0 Å². The Hall–Kier alpha value is -2.07. The van der Waals surface area contributed by atoms with Crippen LogP contribution in [0.4, 0.5) is 0 Å². The van der Waals surface area contributed by atoms with Crippen LogP contribution in [0.2, 0.25) is 0 Å². The van der Waals surface area contributed by atoms with E-state index in [9.17, 15) is 24.2 Å². The smallest absolute Gasteiger partial charge is 0.462 e. The van der Waals surface area contributed by atoms with Gasteiger partial charge in [-0.05, 0) is 51.4 Å². The molecule has 0 aliphatic rings. The van der Waals surface area contributed by atoms with E-state index in [-0.39, 0.29) is 19.4 Å². The Morgan fingerprint density at radius 2 is 1.06 bits per heavy atom. The van der Waals surface area contributed by atoms with Gasteiger partial charge in [-0.3, -0.25) is 18.6 Å². The van der Waals surface area contributed by atoms with Crippen molar-refractivity contribution in [3.63, 3.8) is 0 Å². The molecule has 0 aliphatic heterocycles. The number of esters is 2. The number of rotatable bonds is 35. The van der Waals surface area contributed by atoms with Crippen LogP contribution in [-0.2, 0) is 32.7 Å². The molecule has 0 aromatic heterocycles. The van der Waals surface area contributed by atoms with Crippen molar-refractivity contribution in [2.75, 3.05) is 26.4 Å². The lowest BCUT2D eigenvalue weighted by atomic mass is 10.1. The number of phosphoric ester groups is 1. The molecule has 0 aromatic rings. The zero-order valence-electron chi connectivity index (χ0n) is 31.1. The molecule has 290 valence electrons. The molecule has 0 heterocycles. The number of unbranched alkanes of at least 4 members (excludes halogenated alkanes) is 13. The normalized spacial score (nSPS) is 14.6. The molecule has 1 unspecified atom stereocenters. The summed E-state index contributed by atoms with van der Waals surface area (Å²) in [6.45, 7) is 2.25. The molecule has 0 spiro atoms. The van der Waals surface area contributed by atoms with Crippen LogP contribution in [-0.4, -0.2) is 65.7 Å². The highest BCUT2D eigenvalue weighted by Gasteiger charge is 2.27. The maximum absolute atomic E-state index is 12.5. The van der Waals surface area contributed by atoms with Gasteiger partial charge < -0.3 is 24.6 Å². The summed E-state index contributed by atoms with van der Waals surface area (Å²) in [6, 6.07) is 0. The van der Waals surface area contributed by atoms with Gasteiger partial charge >= 0.3 is 19.8 Å². The summed E-state index contributed by atoms with van der Waals surface area (Å²) in [6.07, 6.45) is 35.2.